The van der Waals surface area contributed by atoms with Crippen LogP contribution in [0.25, 0.3) is 0 Å². The summed E-state index contributed by atoms with van der Waals surface area (Å²) >= 11 is 0. The van der Waals surface area contributed by atoms with Crippen LogP contribution in [0.1, 0.15) is 37.4 Å². The lowest BCUT2D eigenvalue weighted by Gasteiger charge is -2.11. The van der Waals surface area contributed by atoms with E-state index in [1.54, 1.807) is 24.3 Å². The zero-order chi connectivity index (χ0) is 21.7. The number of rotatable bonds is 6. The van der Waals surface area contributed by atoms with Crippen LogP contribution in [0.3, 0.4) is 0 Å². The fourth-order valence-corrected chi connectivity index (χ4v) is 2.96. The number of nitrogens with one attached hydrogen (secondary N) is 1. The molecule has 5 nitrogen and oxygen atoms in total. The minimum atomic E-state index is -0.793. The number of hydrogen-bond donors (Lipinski definition) is 1. The van der Waals surface area contributed by atoms with Gasteiger partial charge in [-0.05, 0) is 49.7 Å². The van der Waals surface area contributed by atoms with Gasteiger partial charge in [0.1, 0.15) is 5.82 Å². The van der Waals surface area contributed by atoms with Crippen molar-refractivity contribution < 1.29 is 23.5 Å². The number of esters is 1. The van der Waals surface area contributed by atoms with Gasteiger partial charge in [-0.1, -0.05) is 42.0 Å². The molecule has 3 rings (SSSR count). The lowest BCUT2D eigenvalue weighted by Crippen LogP contribution is -2.22. The largest absolute Gasteiger partial charge is 0.452 e. The lowest BCUT2D eigenvalue weighted by molar-refractivity contribution is -0.119. The first-order valence-electron chi connectivity index (χ1n) is 9.28. The second kappa shape index (κ2) is 9.13. The van der Waals surface area contributed by atoms with Crippen LogP contribution in [0.15, 0.2) is 66.7 Å². The molecule has 30 heavy (non-hydrogen) atoms. The third-order valence-electron chi connectivity index (χ3n) is 4.47. The zero-order valence-electron chi connectivity index (χ0n) is 16.6. The normalized spacial score (nSPS) is 10.4. The van der Waals surface area contributed by atoms with Gasteiger partial charge in [0.15, 0.2) is 12.4 Å². The molecule has 0 heterocycles. The van der Waals surface area contributed by atoms with Gasteiger partial charge in [0.05, 0.1) is 5.56 Å². The number of ketones is 1. The standard InChI is InChI=1S/C24H20FNO4/c1-15-10-11-16(2)21(12-15)23(28)19-8-3-4-9-20(19)24(29)30-14-22(27)26-18-7-5-6-17(25)13-18/h3-13H,14H2,1-2H3,(H,26,27). The number of hydrogen-bond acceptors (Lipinski definition) is 4. The maximum Gasteiger partial charge on any atom is 0.339 e. The van der Waals surface area contributed by atoms with Crippen molar-refractivity contribution in [1.29, 1.82) is 0 Å². The molecule has 1 N–H and O–H groups in total. The quantitative estimate of drug-likeness (QED) is 0.485. The highest BCUT2D eigenvalue weighted by atomic mass is 19.1. The molecule has 0 radical (unpaired) electrons. The van der Waals surface area contributed by atoms with Crippen molar-refractivity contribution in [3.63, 3.8) is 0 Å². The van der Waals surface area contributed by atoms with Crippen molar-refractivity contribution in [2.24, 2.45) is 0 Å². The summed E-state index contributed by atoms with van der Waals surface area (Å²) in [7, 11) is 0. The SMILES string of the molecule is Cc1ccc(C)c(C(=O)c2ccccc2C(=O)OCC(=O)Nc2cccc(F)c2)c1. The summed E-state index contributed by atoms with van der Waals surface area (Å²) < 4.78 is 18.3. The smallest absolute Gasteiger partial charge is 0.339 e. The molecule has 0 fully saturated rings. The van der Waals surface area contributed by atoms with Gasteiger partial charge in [-0.3, -0.25) is 9.59 Å². The molecular formula is C24H20FNO4. The van der Waals surface area contributed by atoms with Crippen molar-refractivity contribution in [1.82, 2.24) is 0 Å². The van der Waals surface area contributed by atoms with Crippen LogP contribution < -0.4 is 5.32 Å². The minimum absolute atomic E-state index is 0.0713. The zero-order valence-corrected chi connectivity index (χ0v) is 16.6. The molecule has 0 unspecified atom stereocenters. The van der Waals surface area contributed by atoms with Gasteiger partial charge in [-0.15, -0.1) is 0 Å². The van der Waals surface area contributed by atoms with Crippen molar-refractivity contribution in [2.45, 2.75) is 13.8 Å². The van der Waals surface area contributed by atoms with E-state index >= 15 is 0 Å². The second-order valence-electron chi connectivity index (χ2n) is 6.83. The first kappa shape index (κ1) is 20.9. The predicted octanol–water partition coefficient (Wildman–Crippen LogP) is 4.47. The molecule has 0 bridgehead atoms. The molecule has 0 saturated carbocycles. The van der Waals surface area contributed by atoms with E-state index in [0.717, 1.165) is 17.2 Å². The Kier molecular flexibility index (Phi) is 6.37. The van der Waals surface area contributed by atoms with E-state index in [1.807, 2.05) is 26.0 Å². The van der Waals surface area contributed by atoms with E-state index < -0.39 is 24.3 Å². The summed E-state index contributed by atoms with van der Waals surface area (Å²) in [5.74, 6) is -2.21. The van der Waals surface area contributed by atoms with Gasteiger partial charge >= 0.3 is 5.97 Å². The number of aryl methyl sites for hydroxylation is 2. The number of carbonyl (C=O) groups is 3. The van der Waals surface area contributed by atoms with Crippen molar-refractivity contribution in [3.8, 4) is 0 Å². The molecule has 152 valence electrons. The topological polar surface area (TPSA) is 72.5 Å². The van der Waals surface area contributed by atoms with Gasteiger partial charge in [-0.2, -0.15) is 0 Å². The first-order valence-corrected chi connectivity index (χ1v) is 9.28. The number of anilines is 1. The molecule has 0 aliphatic carbocycles. The summed E-state index contributed by atoms with van der Waals surface area (Å²) in [5, 5.41) is 2.44. The van der Waals surface area contributed by atoms with Gasteiger partial charge in [0, 0.05) is 16.8 Å². The Labute approximate surface area is 173 Å². The Morgan fingerprint density at radius 3 is 2.33 bits per heavy atom. The van der Waals surface area contributed by atoms with E-state index in [2.05, 4.69) is 5.32 Å². The molecule has 0 aliphatic rings. The second-order valence-corrected chi connectivity index (χ2v) is 6.83. The van der Waals surface area contributed by atoms with Crippen LogP contribution in [-0.2, 0) is 9.53 Å². The van der Waals surface area contributed by atoms with Crippen LogP contribution in [0.2, 0.25) is 0 Å². The monoisotopic (exact) mass is 405 g/mol. The average molecular weight is 405 g/mol. The van der Waals surface area contributed by atoms with Gasteiger partial charge < -0.3 is 10.1 Å². The lowest BCUT2D eigenvalue weighted by atomic mass is 9.94. The highest BCUT2D eigenvalue weighted by molar-refractivity contribution is 6.15. The number of ether oxygens (including phenoxy) is 1. The third kappa shape index (κ3) is 4.97. The molecule has 0 saturated heterocycles. The average Bonchev–Trinajstić information content (AvgIpc) is 2.73. The van der Waals surface area contributed by atoms with Crippen LogP contribution >= 0.6 is 0 Å². The Morgan fingerprint density at radius 2 is 1.60 bits per heavy atom. The Morgan fingerprint density at radius 1 is 0.867 bits per heavy atom. The van der Waals surface area contributed by atoms with Crippen LogP contribution in [0.5, 0.6) is 0 Å². The molecule has 0 aromatic heterocycles. The Hall–Kier alpha value is -3.80. The fourth-order valence-electron chi connectivity index (χ4n) is 2.96. The van der Waals surface area contributed by atoms with Crippen LogP contribution in [0.4, 0.5) is 10.1 Å². The third-order valence-corrected chi connectivity index (χ3v) is 4.47. The summed E-state index contributed by atoms with van der Waals surface area (Å²) in [6.45, 7) is 3.14. The molecule has 0 spiro atoms. The number of amides is 1. The Balaban J connectivity index is 1.73. The Bertz CT molecular complexity index is 1120. The summed E-state index contributed by atoms with van der Waals surface area (Å²) in [5.41, 5.74) is 2.74. The molecule has 6 heteroatoms. The summed E-state index contributed by atoms with van der Waals surface area (Å²) in [4.78, 5) is 37.6. The number of benzene rings is 3. The van der Waals surface area contributed by atoms with E-state index in [9.17, 15) is 18.8 Å². The molecule has 1 amide bonds. The van der Waals surface area contributed by atoms with Gasteiger partial charge in [0.25, 0.3) is 5.91 Å². The first-order chi connectivity index (χ1) is 14.3. The number of carbonyl (C=O) groups excluding carboxylic acids is 3. The molecule has 3 aromatic rings. The summed E-state index contributed by atoms with van der Waals surface area (Å²) in [6.07, 6.45) is 0. The molecule has 3 aromatic carbocycles. The maximum atomic E-state index is 13.2. The number of halogens is 1. The van der Waals surface area contributed by atoms with Crippen LogP contribution in [0, 0.1) is 19.7 Å². The highest BCUT2D eigenvalue weighted by Crippen LogP contribution is 2.19. The summed E-state index contributed by atoms with van der Waals surface area (Å²) in [6, 6.07) is 17.2. The molecule has 0 aliphatic heterocycles. The van der Waals surface area contributed by atoms with Crippen molar-refractivity contribution in [2.75, 3.05) is 11.9 Å². The molecular weight excluding hydrogens is 385 g/mol. The van der Waals surface area contributed by atoms with E-state index in [1.165, 1.54) is 24.3 Å². The predicted molar refractivity (Wildman–Crippen MR) is 111 cm³/mol. The van der Waals surface area contributed by atoms with Crippen molar-refractivity contribution >= 4 is 23.3 Å². The van der Waals surface area contributed by atoms with E-state index in [-0.39, 0.29) is 22.6 Å². The van der Waals surface area contributed by atoms with Crippen molar-refractivity contribution in [3.05, 3.63) is 100 Å². The van der Waals surface area contributed by atoms with Gasteiger partial charge in [-0.25, -0.2) is 9.18 Å². The van der Waals surface area contributed by atoms with Gasteiger partial charge in [0.2, 0.25) is 0 Å². The van der Waals surface area contributed by atoms with E-state index in [4.69, 9.17) is 4.74 Å². The maximum absolute atomic E-state index is 13.2. The fraction of sp³-hybridized carbons (Fsp3) is 0.125. The molecule has 0 atom stereocenters. The van der Waals surface area contributed by atoms with Crippen LogP contribution in [-0.4, -0.2) is 24.3 Å². The van der Waals surface area contributed by atoms with E-state index in [0.29, 0.717) is 5.56 Å². The highest BCUT2D eigenvalue weighted by Gasteiger charge is 2.21. The minimum Gasteiger partial charge on any atom is -0.452 e.